The minimum Gasteiger partial charge on any atom is -0.398 e. The van der Waals surface area contributed by atoms with Crippen LogP contribution in [0.5, 0.6) is 0 Å². The molecule has 0 saturated heterocycles. The second-order valence-electron chi connectivity index (χ2n) is 4.68. The molecule has 0 atom stereocenters. The van der Waals surface area contributed by atoms with Gasteiger partial charge in [-0.2, -0.15) is 13.2 Å². The molecule has 0 fully saturated rings. The number of rotatable bonds is 2. The van der Waals surface area contributed by atoms with Gasteiger partial charge in [-0.05, 0) is 47.9 Å². The summed E-state index contributed by atoms with van der Waals surface area (Å²) < 4.78 is 38.2. The fourth-order valence-corrected chi connectivity index (χ4v) is 2.03. The quantitative estimate of drug-likeness (QED) is 0.834. The van der Waals surface area contributed by atoms with E-state index in [0.29, 0.717) is 22.4 Å². The number of carbonyl (C=O) groups is 1. The Morgan fingerprint density at radius 3 is 2.33 bits per heavy atom. The lowest BCUT2D eigenvalue weighted by Crippen LogP contribution is -2.14. The SMILES string of the molecule is Cc1c(N)cc(-c2cccc(C(F)(F)F)c2)cc1C(N)=O. The number of carbonyl (C=O) groups excluding carboxylic acids is 1. The van der Waals surface area contributed by atoms with Gasteiger partial charge in [-0.3, -0.25) is 4.79 Å². The Bertz CT molecular complexity index is 709. The normalized spacial score (nSPS) is 11.4. The smallest absolute Gasteiger partial charge is 0.398 e. The van der Waals surface area contributed by atoms with Crippen molar-refractivity contribution in [3.05, 3.63) is 53.1 Å². The van der Waals surface area contributed by atoms with E-state index in [2.05, 4.69) is 0 Å². The summed E-state index contributed by atoms with van der Waals surface area (Å²) in [5.41, 5.74) is 12.0. The Morgan fingerprint density at radius 2 is 1.76 bits per heavy atom. The van der Waals surface area contributed by atoms with Gasteiger partial charge in [0.1, 0.15) is 0 Å². The van der Waals surface area contributed by atoms with Gasteiger partial charge in [-0.15, -0.1) is 0 Å². The Kier molecular flexibility index (Phi) is 3.63. The van der Waals surface area contributed by atoms with Gasteiger partial charge in [0.2, 0.25) is 5.91 Å². The molecule has 0 radical (unpaired) electrons. The van der Waals surface area contributed by atoms with E-state index in [1.807, 2.05) is 0 Å². The highest BCUT2D eigenvalue weighted by Gasteiger charge is 2.30. The fourth-order valence-electron chi connectivity index (χ4n) is 2.03. The number of nitrogens with two attached hydrogens (primary N) is 2. The predicted molar refractivity (Wildman–Crippen MR) is 74.5 cm³/mol. The highest BCUT2D eigenvalue weighted by Crippen LogP contribution is 2.33. The van der Waals surface area contributed by atoms with E-state index in [1.165, 1.54) is 24.3 Å². The van der Waals surface area contributed by atoms with Gasteiger partial charge in [0.25, 0.3) is 0 Å². The van der Waals surface area contributed by atoms with E-state index < -0.39 is 17.6 Å². The van der Waals surface area contributed by atoms with E-state index in [1.54, 1.807) is 6.92 Å². The molecule has 6 heteroatoms. The summed E-state index contributed by atoms with van der Waals surface area (Å²) in [6.45, 7) is 1.63. The van der Waals surface area contributed by atoms with E-state index in [-0.39, 0.29) is 5.56 Å². The fraction of sp³-hybridized carbons (Fsp3) is 0.133. The van der Waals surface area contributed by atoms with Crippen molar-refractivity contribution in [1.82, 2.24) is 0 Å². The third-order valence-electron chi connectivity index (χ3n) is 3.24. The molecule has 0 saturated carbocycles. The maximum atomic E-state index is 12.7. The highest BCUT2D eigenvalue weighted by molar-refractivity contribution is 5.97. The van der Waals surface area contributed by atoms with Crippen LogP contribution in [0.3, 0.4) is 0 Å². The summed E-state index contributed by atoms with van der Waals surface area (Å²) in [5, 5.41) is 0. The number of anilines is 1. The summed E-state index contributed by atoms with van der Waals surface area (Å²) in [6, 6.07) is 7.79. The van der Waals surface area contributed by atoms with Gasteiger partial charge in [-0.25, -0.2) is 0 Å². The van der Waals surface area contributed by atoms with Gasteiger partial charge in [-0.1, -0.05) is 12.1 Å². The molecule has 21 heavy (non-hydrogen) atoms. The van der Waals surface area contributed by atoms with Crippen LogP contribution in [0, 0.1) is 6.92 Å². The van der Waals surface area contributed by atoms with Crippen molar-refractivity contribution in [1.29, 1.82) is 0 Å². The number of benzene rings is 2. The maximum absolute atomic E-state index is 12.7. The molecule has 1 amide bonds. The Morgan fingerprint density at radius 1 is 1.10 bits per heavy atom. The van der Waals surface area contributed by atoms with Crippen LogP contribution in [0.25, 0.3) is 11.1 Å². The lowest BCUT2D eigenvalue weighted by molar-refractivity contribution is -0.137. The first-order valence-corrected chi connectivity index (χ1v) is 6.07. The molecule has 2 rings (SSSR count). The third-order valence-corrected chi connectivity index (χ3v) is 3.24. The van der Waals surface area contributed by atoms with Gasteiger partial charge >= 0.3 is 6.18 Å². The molecule has 0 heterocycles. The van der Waals surface area contributed by atoms with Crippen molar-refractivity contribution >= 4 is 11.6 Å². The molecule has 0 aliphatic heterocycles. The lowest BCUT2D eigenvalue weighted by Gasteiger charge is -2.12. The minimum atomic E-state index is -4.43. The van der Waals surface area contributed by atoms with Crippen LogP contribution in [0.2, 0.25) is 0 Å². The van der Waals surface area contributed by atoms with Crippen LogP contribution in [0.1, 0.15) is 21.5 Å². The van der Waals surface area contributed by atoms with Crippen LogP contribution in [0.4, 0.5) is 18.9 Å². The summed E-state index contributed by atoms with van der Waals surface area (Å²) in [5.74, 6) is -0.673. The molecule has 4 N–H and O–H groups in total. The van der Waals surface area contributed by atoms with Gasteiger partial charge in [0.15, 0.2) is 0 Å². The molecule has 0 spiro atoms. The van der Waals surface area contributed by atoms with E-state index in [0.717, 1.165) is 12.1 Å². The number of amides is 1. The van der Waals surface area contributed by atoms with E-state index in [9.17, 15) is 18.0 Å². The summed E-state index contributed by atoms with van der Waals surface area (Å²) in [7, 11) is 0. The van der Waals surface area contributed by atoms with Crippen LogP contribution in [-0.4, -0.2) is 5.91 Å². The number of hydrogen-bond donors (Lipinski definition) is 2. The van der Waals surface area contributed by atoms with Gasteiger partial charge < -0.3 is 11.5 Å². The molecule has 3 nitrogen and oxygen atoms in total. The molecule has 0 bridgehead atoms. The topological polar surface area (TPSA) is 69.1 Å². The number of alkyl halides is 3. The average molecular weight is 294 g/mol. The van der Waals surface area contributed by atoms with Gasteiger partial charge in [0.05, 0.1) is 5.56 Å². The standard InChI is InChI=1S/C15H13F3N2O/c1-8-12(14(20)21)6-10(7-13(8)19)9-3-2-4-11(5-9)15(16,17)18/h2-7H,19H2,1H3,(H2,20,21). The first kappa shape index (κ1) is 14.9. The Balaban J connectivity index is 2.60. The van der Waals surface area contributed by atoms with Crippen LogP contribution < -0.4 is 11.5 Å². The molecule has 2 aromatic carbocycles. The zero-order valence-electron chi connectivity index (χ0n) is 11.2. The van der Waals surface area contributed by atoms with Crippen LogP contribution in [-0.2, 0) is 6.18 Å². The van der Waals surface area contributed by atoms with E-state index in [4.69, 9.17) is 11.5 Å². The van der Waals surface area contributed by atoms with Crippen molar-refractivity contribution in [3.8, 4) is 11.1 Å². The zero-order valence-corrected chi connectivity index (χ0v) is 11.2. The maximum Gasteiger partial charge on any atom is 0.416 e. The van der Waals surface area contributed by atoms with Crippen molar-refractivity contribution in [2.24, 2.45) is 5.73 Å². The lowest BCUT2D eigenvalue weighted by atomic mass is 9.96. The first-order valence-electron chi connectivity index (χ1n) is 6.07. The summed E-state index contributed by atoms with van der Waals surface area (Å²) >= 11 is 0. The van der Waals surface area contributed by atoms with Crippen molar-refractivity contribution in [2.45, 2.75) is 13.1 Å². The molecule has 0 aliphatic carbocycles. The monoisotopic (exact) mass is 294 g/mol. The zero-order chi connectivity index (χ0) is 15.8. The average Bonchev–Trinajstić information content (AvgIpc) is 2.40. The van der Waals surface area contributed by atoms with Crippen molar-refractivity contribution in [2.75, 3.05) is 5.73 Å². The van der Waals surface area contributed by atoms with E-state index >= 15 is 0 Å². The molecule has 2 aromatic rings. The Labute approximate surface area is 119 Å². The summed E-state index contributed by atoms with van der Waals surface area (Å²) in [6.07, 6.45) is -4.43. The molecule has 0 unspecified atom stereocenters. The van der Waals surface area contributed by atoms with Gasteiger partial charge in [0, 0.05) is 11.3 Å². The van der Waals surface area contributed by atoms with Crippen LogP contribution in [0.15, 0.2) is 36.4 Å². The largest absolute Gasteiger partial charge is 0.416 e. The molecular formula is C15H13F3N2O. The minimum absolute atomic E-state index is 0.197. The molecule has 0 aliphatic rings. The Hall–Kier alpha value is -2.50. The highest BCUT2D eigenvalue weighted by atomic mass is 19.4. The number of primary amides is 1. The first-order chi connectivity index (χ1) is 9.70. The molecular weight excluding hydrogens is 281 g/mol. The second-order valence-corrected chi connectivity index (χ2v) is 4.68. The van der Waals surface area contributed by atoms with Crippen molar-refractivity contribution in [3.63, 3.8) is 0 Å². The third kappa shape index (κ3) is 2.99. The van der Waals surface area contributed by atoms with Crippen LogP contribution >= 0.6 is 0 Å². The molecule has 110 valence electrons. The van der Waals surface area contributed by atoms with Crippen molar-refractivity contribution < 1.29 is 18.0 Å². The number of hydrogen-bond acceptors (Lipinski definition) is 2. The molecule has 0 aromatic heterocycles. The summed E-state index contributed by atoms with van der Waals surface area (Å²) in [4.78, 5) is 11.4. The second kappa shape index (κ2) is 5.12. The number of nitrogen functional groups attached to an aromatic ring is 1. The predicted octanol–water partition coefficient (Wildman–Crippen LogP) is 3.36. The number of halogens is 3.